The van der Waals surface area contributed by atoms with Gasteiger partial charge in [0.05, 0.1) is 18.7 Å². The number of benzene rings is 4. The minimum absolute atomic E-state index is 0.0247. The minimum atomic E-state index is -0.852. The summed E-state index contributed by atoms with van der Waals surface area (Å²) in [6.07, 6.45) is 0. The second-order valence-corrected chi connectivity index (χ2v) is 9.49. The van der Waals surface area contributed by atoms with Gasteiger partial charge in [0.15, 0.2) is 0 Å². The molecular formula is C33H29NO5. The molecule has 0 radical (unpaired) electrons. The lowest BCUT2D eigenvalue weighted by atomic mass is 9.93. The van der Waals surface area contributed by atoms with Crippen LogP contribution in [0.5, 0.6) is 11.5 Å². The first-order valence-corrected chi connectivity index (χ1v) is 12.7. The summed E-state index contributed by atoms with van der Waals surface area (Å²) in [5, 5.41) is 11.6. The van der Waals surface area contributed by atoms with Gasteiger partial charge in [-0.25, -0.2) is 0 Å². The van der Waals surface area contributed by atoms with Gasteiger partial charge in [0, 0.05) is 11.3 Å². The predicted molar refractivity (Wildman–Crippen MR) is 151 cm³/mol. The van der Waals surface area contributed by atoms with Crippen LogP contribution in [-0.4, -0.2) is 23.9 Å². The van der Waals surface area contributed by atoms with Gasteiger partial charge in [-0.1, -0.05) is 60.7 Å². The van der Waals surface area contributed by atoms with Gasteiger partial charge in [-0.3, -0.25) is 14.5 Å². The fourth-order valence-electron chi connectivity index (χ4n) is 4.93. The Morgan fingerprint density at radius 1 is 0.846 bits per heavy atom. The first kappa shape index (κ1) is 25.8. The zero-order chi connectivity index (χ0) is 27.5. The maximum Gasteiger partial charge on any atom is 0.300 e. The van der Waals surface area contributed by atoms with Crippen LogP contribution in [0.1, 0.15) is 33.9 Å². The Bertz CT molecular complexity index is 1560. The molecule has 1 N–H and O–H groups in total. The summed E-state index contributed by atoms with van der Waals surface area (Å²) in [5.41, 5.74) is 4.24. The monoisotopic (exact) mass is 519 g/mol. The average molecular weight is 520 g/mol. The van der Waals surface area contributed by atoms with Crippen molar-refractivity contribution in [2.75, 3.05) is 12.0 Å². The fraction of sp³-hybridized carbons (Fsp3) is 0.152. The fourth-order valence-corrected chi connectivity index (χ4v) is 4.93. The topological polar surface area (TPSA) is 76.1 Å². The molecule has 4 aromatic rings. The third-order valence-electron chi connectivity index (χ3n) is 6.90. The summed E-state index contributed by atoms with van der Waals surface area (Å²) in [7, 11) is 1.58. The number of carbonyl (C=O) groups excluding carboxylic acids is 2. The first-order valence-electron chi connectivity index (χ1n) is 12.7. The van der Waals surface area contributed by atoms with E-state index < -0.39 is 17.7 Å². The van der Waals surface area contributed by atoms with Crippen LogP contribution in [0.3, 0.4) is 0 Å². The van der Waals surface area contributed by atoms with Gasteiger partial charge in [-0.2, -0.15) is 0 Å². The van der Waals surface area contributed by atoms with Gasteiger partial charge in [-0.15, -0.1) is 0 Å². The summed E-state index contributed by atoms with van der Waals surface area (Å²) in [6, 6.07) is 28.8. The second-order valence-electron chi connectivity index (χ2n) is 9.49. The molecule has 0 saturated carbocycles. The third kappa shape index (κ3) is 5.01. The van der Waals surface area contributed by atoms with Crippen molar-refractivity contribution >= 4 is 23.1 Å². The van der Waals surface area contributed by atoms with Gasteiger partial charge in [0.1, 0.15) is 23.9 Å². The number of rotatable bonds is 7. The van der Waals surface area contributed by atoms with Crippen LogP contribution in [0.25, 0.3) is 5.76 Å². The predicted octanol–water partition coefficient (Wildman–Crippen LogP) is 6.52. The number of para-hydroxylation sites is 1. The summed E-state index contributed by atoms with van der Waals surface area (Å²) in [5.74, 6) is -0.410. The highest BCUT2D eigenvalue weighted by atomic mass is 16.5. The van der Waals surface area contributed by atoms with Crippen LogP contribution in [0.15, 0.2) is 103 Å². The molecule has 6 nitrogen and oxygen atoms in total. The highest BCUT2D eigenvalue weighted by Gasteiger charge is 2.47. The molecule has 1 unspecified atom stereocenters. The highest BCUT2D eigenvalue weighted by molar-refractivity contribution is 6.51. The molecule has 1 aliphatic rings. The Labute approximate surface area is 227 Å². The van der Waals surface area contributed by atoms with E-state index in [-0.39, 0.29) is 11.3 Å². The Hall–Kier alpha value is -4.84. The number of aliphatic hydroxyl groups excluding tert-OH is 1. The van der Waals surface area contributed by atoms with Crippen LogP contribution in [0.2, 0.25) is 0 Å². The summed E-state index contributed by atoms with van der Waals surface area (Å²) in [6.45, 7) is 4.06. The standard InChI is InChI=1S/C33H29NO5/c1-21-18-28(38-3)22(2)17-27(21)31(35)29-30(34(33(37)32(29)36)25-14-8-5-9-15-25)24-13-10-16-26(19-24)39-20-23-11-6-4-7-12-23/h4-19,30,35H,20H2,1-3H3/b31-29+. The molecule has 0 bridgehead atoms. The van der Waals surface area contributed by atoms with Crippen molar-refractivity contribution in [1.82, 2.24) is 0 Å². The maximum atomic E-state index is 13.5. The van der Waals surface area contributed by atoms with Crippen molar-refractivity contribution in [3.05, 3.63) is 130 Å². The molecule has 4 aromatic carbocycles. The number of ether oxygens (including phenoxy) is 2. The smallest absolute Gasteiger partial charge is 0.300 e. The van der Waals surface area contributed by atoms with E-state index in [0.29, 0.717) is 34.9 Å². The quantitative estimate of drug-likeness (QED) is 0.171. The Morgan fingerprint density at radius 2 is 1.54 bits per heavy atom. The van der Waals surface area contributed by atoms with Crippen LogP contribution in [0.4, 0.5) is 5.69 Å². The maximum absolute atomic E-state index is 13.5. The molecule has 0 aliphatic carbocycles. The molecule has 1 aliphatic heterocycles. The molecule has 0 aromatic heterocycles. The van der Waals surface area contributed by atoms with E-state index in [0.717, 1.165) is 16.7 Å². The van der Waals surface area contributed by atoms with E-state index >= 15 is 0 Å². The Balaban J connectivity index is 1.63. The Morgan fingerprint density at radius 3 is 2.23 bits per heavy atom. The largest absolute Gasteiger partial charge is 0.507 e. The number of carbonyl (C=O) groups is 2. The van der Waals surface area contributed by atoms with Crippen LogP contribution in [-0.2, 0) is 16.2 Å². The van der Waals surface area contributed by atoms with Gasteiger partial charge >= 0.3 is 0 Å². The molecule has 1 saturated heterocycles. The zero-order valence-corrected chi connectivity index (χ0v) is 22.0. The minimum Gasteiger partial charge on any atom is -0.507 e. The number of amides is 1. The van der Waals surface area contributed by atoms with E-state index in [1.165, 1.54) is 4.90 Å². The first-order chi connectivity index (χ1) is 18.9. The van der Waals surface area contributed by atoms with Crippen molar-refractivity contribution in [2.45, 2.75) is 26.5 Å². The van der Waals surface area contributed by atoms with Crippen molar-refractivity contribution < 1.29 is 24.2 Å². The zero-order valence-electron chi connectivity index (χ0n) is 22.0. The molecule has 1 amide bonds. The van der Waals surface area contributed by atoms with Crippen molar-refractivity contribution in [2.24, 2.45) is 0 Å². The molecule has 1 atom stereocenters. The second kappa shape index (κ2) is 10.9. The van der Waals surface area contributed by atoms with Gasteiger partial charge < -0.3 is 14.6 Å². The van der Waals surface area contributed by atoms with Crippen molar-refractivity contribution in [3.8, 4) is 11.5 Å². The van der Waals surface area contributed by atoms with Crippen molar-refractivity contribution in [3.63, 3.8) is 0 Å². The van der Waals surface area contributed by atoms with E-state index in [1.54, 1.807) is 25.3 Å². The SMILES string of the molecule is COc1cc(C)c(/C(O)=C2\C(=O)C(=O)N(c3ccccc3)C2c2cccc(OCc3ccccc3)c2)cc1C. The number of hydrogen-bond donors (Lipinski definition) is 1. The number of aryl methyl sites for hydroxylation is 2. The van der Waals surface area contributed by atoms with E-state index in [2.05, 4.69) is 0 Å². The highest BCUT2D eigenvalue weighted by Crippen LogP contribution is 2.43. The molecule has 6 heteroatoms. The number of aliphatic hydroxyl groups is 1. The molecule has 196 valence electrons. The lowest BCUT2D eigenvalue weighted by molar-refractivity contribution is -0.132. The van der Waals surface area contributed by atoms with Crippen LogP contribution in [0, 0.1) is 13.8 Å². The van der Waals surface area contributed by atoms with Crippen LogP contribution >= 0.6 is 0 Å². The van der Waals surface area contributed by atoms with Crippen LogP contribution < -0.4 is 14.4 Å². The summed E-state index contributed by atoms with van der Waals surface area (Å²) >= 11 is 0. The van der Waals surface area contributed by atoms with E-state index in [1.807, 2.05) is 92.7 Å². The molecule has 1 heterocycles. The average Bonchev–Trinajstić information content (AvgIpc) is 3.23. The Kier molecular flexibility index (Phi) is 7.19. The number of hydrogen-bond acceptors (Lipinski definition) is 5. The van der Waals surface area contributed by atoms with Gasteiger partial charge in [0.25, 0.3) is 11.7 Å². The summed E-state index contributed by atoms with van der Waals surface area (Å²) < 4.78 is 11.5. The number of methoxy groups -OCH3 is 1. The summed E-state index contributed by atoms with van der Waals surface area (Å²) in [4.78, 5) is 28.4. The van der Waals surface area contributed by atoms with E-state index in [9.17, 15) is 14.7 Å². The van der Waals surface area contributed by atoms with E-state index in [4.69, 9.17) is 9.47 Å². The normalized spacial score (nSPS) is 16.4. The molecule has 1 fully saturated rings. The lowest BCUT2D eigenvalue weighted by Gasteiger charge is -2.26. The molecular weight excluding hydrogens is 490 g/mol. The van der Waals surface area contributed by atoms with Gasteiger partial charge in [-0.05, 0) is 72.5 Å². The van der Waals surface area contributed by atoms with Gasteiger partial charge in [0.2, 0.25) is 0 Å². The molecule has 5 rings (SSSR count). The molecule has 39 heavy (non-hydrogen) atoms. The lowest BCUT2D eigenvalue weighted by Crippen LogP contribution is -2.29. The third-order valence-corrected chi connectivity index (χ3v) is 6.90. The van der Waals surface area contributed by atoms with Crippen molar-refractivity contribution in [1.29, 1.82) is 0 Å². The number of ketones is 1. The number of Topliss-reactive ketones (excluding diaryl/α,β-unsaturated/α-hetero) is 1. The number of anilines is 1. The number of nitrogens with zero attached hydrogens (tertiary/aromatic N) is 1. The molecule has 0 spiro atoms.